The lowest BCUT2D eigenvalue weighted by Crippen LogP contribution is -2.44. The molecule has 0 heterocycles. The molecule has 0 aromatic heterocycles. The third-order valence-electron chi connectivity index (χ3n) is 3.00. The zero-order valence-corrected chi connectivity index (χ0v) is 11.8. The molecule has 1 N–H and O–H groups in total. The zero-order valence-electron chi connectivity index (χ0n) is 11.8. The van der Waals surface area contributed by atoms with Gasteiger partial charge in [-0.3, -0.25) is 5.32 Å². The Balaban J connectivity index is 4.06. The Morgan fingerprint density at radius 1 is 1.35 bits per heavy atom. The van der Waals surface area contributed by atoms with Crippen molar-refractivity contribution in [2.45, 2.75) is 39.2 Å². The van der Waals surface area contributed by atoms with E-state index in [1.807, 2.05) is 6.92 Å². The Bertz CT molecular complexity index is 227. The van der Waals surface area contributed by atoms with Crippen LogP contribution < -0.4 is 5.32 Å². The molecule has 0 fully saturated rings. The lowest BCUT2D eigenvalue weighted by molar-refractivity contribution is 0.146. The van der Waals surface area contributed by atoms with E-state index >= 15 is 0 Å². The molecule has 4 nitrogen and oxygen atoms in total. The van der Waals surface area contributed by atoms with Crippen molar-refractivity contribution in [3.63, 3.8) is 0 Å². The number of rotatable bonds is 10. The number of hydrogen-bond acceptors (Lipinski definition) is 4. The van der Waals surface area contributed by atoms with Crippen molar-refractivity contribution in [2.24, 2.45) is 0 Å². The molecular formula is C13H27N3O. The predicted octanol–water partition coefficient (Wildman–Crippen LogP) is 1.63. The minimum absolute atomic E-state index is 0.406. The Hall–Kier alpha value is -0.630. The standard InChI is InChI=1S/C13H27N3O/c1-5-8-15-13(3,12-14)7-9-16(6-2)10-11-17-4/h15H,5-11H2,1-4H3. The number of nitrogens with zero attached hydrogens (tertiary/aromatic N) is 2. The number of likely N-dealkylation sites (N-methyl/N-ethyl adjacent to an activating group) is 1. The van der Waals surface area contributed by atoms with Crippen LogP contribution >= 0.6 is 0 Å². The van der Waals surface area contributed by atoms with Gasteiger partial charge in [0.25, 0.3) is 0 Å². The Kier molecular flexibility index (Phi) is 9.06. The first-order valence-corrected chi connectivity index (χ1v) is 6.49. The molecule has 0 aliphatic carbocycles. The minimum Gasteiger partial charge on any atom is -0.383 e. The molecule has 0 rings (SSSR count). The maximum Gasteiger partial charge on any atom is 0.105 e. The summed E-state index contributed by atoms with van der Waals surface area (Å²) in [7, 11) is 1.72. The van der Waals surface area contributed by atoms with Crippen LogP contribution in [0.5, 0.6) is 0 Å². The van der Waals surface area contributed by atoms with Gasteiger partial charge in [-0.15, -0.1) is 0 Å². The highest BCUT2D eigenvalue weighted by Gasteiger charge is 2.22. The smallest absolute Gasteiger partial charge is 0.105 e. The predicted molar refractivity (Wildman–Crippen MR) is 70.9 cm³/mol. The van der Waals surface area contributed by atoms with Crippen LogP contribution in [0.3, 0.4) is 0 Å². The average Bonchev–Trinajstić information content (AvgIpc) is 2.36. The normalized spacial score (nSPS) is 14.6. The highest BCUT2D eigenvalue weighted by Crippen LogP contribution is 2.09. The Morgan fingerprint density at radius 3 is 2.53 bits per heavy atom. The van der Waals surface area contributed by atoms with Gasteiger partial charge < -0.3 is 9.64 Å². The summed E-state index contributed by atoms with van der Waals surface area (Å²) in [6.07, 6.45) is 1.90. The van der Waals surface area contributed by atoms with E-state index in [0.29, 0.717) is 0 Å². The summed E-state index contributed by atoms with van der Waals surface area (Å²) in [6.45, 7) is 10.7. The highest BCUT2D eigenvalue weighted by atomic mass is 16.5. The van der Waals surface area contributed by atoms with Gasteiger partial charge in [-0.05, 0) is 32.9 Å². The second kappa shape index (κ2) is 9.41. The molecule has 0 saturated carbocycles. The van der Waals surface area contributed by atoms with E-state index in [1.54, 1.807) is 7.11 Å². The average molecular weight is 241 g/mol. The van der Waals surface area contributed by atoms with Gasteiger partial charge in [0.1, 0.15) is 5.54 Å². The van der Waals surface area contributed by atoms with E-state index < -0.39 is 5.54 Å². The van der Waals surface area contributed by atoms with Crippen molar-refractivity contribution in [3.8, 4) is 6.07 Å². The number of nitrogens with one attached hydrogen (secondary N) is 1. The molecule has 4 heteroatoms. The van der Waals surface area contributed by atoms with E-state index in [0.717, 1.165) is 45.6 Å². The summed E-state index contributed by atoms with van der Waals surface area (Å²) in [5, 5.41) is 12.5. The van der Waals surface area contributed by atoms with E-state index in [1.165, 1.54) is 0 Å². The first kappa shape index (κ1) is 16.4. The van der Waals surface area contributed by atoms with Gasteiger partial charge in [-0.1, -0.05) is 13.8 Å². The fourth-order valence-electron chi connectivity index (χ4n) is 1.61. The van der Waals surface area contributed by atoms with Crippen molar-refractivity contribution in [1.29, 1.82) is 5.26 Å². The van der Waals surface area contributed by atoms with Gasteiger partial charge in [-0.2, -0.15) is 5.26 Å². The van der Waals surface area contributed by atoms with E-state index in [2.05, 4.69) is 30.1 Å². The maximum atomic E-state index is 9.22. The maximum absolute atomic E-state index is 9.22. The van der Waals surface area contributed by atoms with Crippen LogP contribution in [0.2, 0.25) is 0 Å². The van der Waals surface area contributed by atoms with Crippen LogP contribution in [0.4, 0.5) is 0 Å². The molecule has 0 bridgehead atoms. The molecule has 0 spiro atoms. The third kappa shape index (κ3) is 7.32. The van der Waals surface area contributed by atoms with Crippen LogP contribution in [-0.4, -0.2) is 50.3 Å². The SMILES string of the molecule is CCCNC(C)(C#N)CCN(CC)CCOC. The van der Waals surface area contributed by atoms with Gasteiger partial charge in [0, 0.05) is 20.2 Å². The fraction of sp³-hybridized carbons (Fsp3) is 0.923. The van der Waals surface area contributed by atoms with Gasteiger partial charge in [0.2, 0.25) is 0 Å². The molecule has 1 unspecified atom stereocenters. The van der Waals surface area contributed by atoms with Crippen molar-refractivity contribution in [1.82, 2.24) is 10.2 Å². The number of hydrogen-bond donors (Lipinski definition) is 1. The van der Waals surface area contributed by atoms with Gasteiger partial charge in [0.05, 0.1) is 12.7 Å². The molecular weight excluding hydrogens is 214 g/mol. The molecule has 0 amide bonds. The van der Waals surface area contributed by atoms with Crippen LogP contribution in [-0.2, 0) is 4.74 Å². The van der Waals surface area contributed by atoms with Crippen molar-refractivity contribution in [3.05, 3.63) is 0 Å². The molecule has 1 atom stereocenters. The second-order valence-electron chi connectivity index (χ2n) is 4.55. The summed E-state index contributed by atoms with van der Waals surface area (Å²) in [4.78, 5) is 2.31. The largest absolute Gasteiger partial charge is 0.383 e. The molecule has 0 aromatic carbocycles. The molecule has 100 valence electrons. The summed E-state index contributed by atoms with van der Waals surface area (Å²) < 4.78 is 5.08. The first-order chi connectivity index (χ1) is 8.11. The summed E-state index contributed by atoms with van der Waals surface area (Å²) in [5.74, 6) is 0. The fourth-order valence-corrected chi connectivity index (χ4v) is 1.61. The molecule has 0 aliphatic rings. The summed E-state index contributed by atoms with van der Waals surface area (Å²) in [5.41, 5.74) is -0.406. The molecule has 0 aromatic rings. The highest BCUT2D eigenvalue weighted by molar-refractivity contribution is 5.03. The minimum atomic E-state index is -0.406. The number of methoxy groups -OCH3 is 1. The van der Waals surface area contributed by atoms with Crippen molar-refractivity contribution >= 4 is 0 Å². The van der Waals surface area contributed by atoms with Crippen molar-refractivity contribution in [2.75, 3.05) is 39.9 Å². The lowest BCUT2D eigenvalue weighted by atomic mass is 9.99. The van der Waals surface area contributed by atoms with Crippen LogP contribution in [0.25, 0.3) is 0 Å². The Labute approximate surface area is 106 Å². The number of ether oxygens (including phenoxy) is 1. The van der Waals surface area contributed by atoms with Gasteiger partial charge in [0.15, 0.2) is 0 Å². The summed E-state index contributed by atoms with van der Waals surface area (Å²) >= 11 is 0. The van der Waals surface area contributed by atoms with Crippen LogP contribution in [0.15, 0.2) is 0 Å². The molecule has 17 heavy (non-hydrogen) atoms. The first-order valence-electron chi connectivity index (χ1n) is 6.49. The van der Waals surface area contributed by atoms with E-state index in [4.69, 9.17) is 4.74 Å². The van der Waals surface area contributed by atoms with Gasteiger partial charge in [-0.25, -0.2) is 0 Å². The third-order valence-corrected chi connectivity index (χ3v) is 3.00. The van der Waals surface area contributed by atoms with Crippen LogP contribution in [0, 0.1) is 11.3 Å². The quantitative estimate of drug-likeness (QED) is 0.631. The summed E-state index contributed by atoms with van der Waals surface area (Å²) in [6, 6.07) is 2.38. The Morgan fingerprint density at radius 2 is 2.06 bits per heavy atom. The molecule has 0 radical (unpaired) electrons. The van der Waals surface area contributed by atoms with E-state index in [9.17, 15) is 5.26 Å². The van der Waals surface area contributed by atoms with Gasteiger partial charge >= 0.3 is 0 Å². The topological polar surface area (TPSA) is 48.3 Å². The number of nitriles is 1. The monoisotopic (exact) mass is 241 g/mol. The van der Waals surface area contributed by atoms with Crippen LogP contribution in [0.1, 0.15) is 33.6 Å². The molecule has 0 saturated heterocycles. The van der Waals surface area contributed by atoms with Crippen molar-refractivity contribution < 1.29 is 4.74 Å². The lowest BCUT2D eigenvalue weighted by Gasteiger charge is -2.27. The van der Waals surface area contributed by atoms with E-state index in [-0.39, 0.29) is 0 Å². The molecule has 0 aliphatic heterocycles. The zero-order chi connectivity index (χ0) is 13.1. The second-order valence-corrected chi connectivity index (χ2v) is 4.55.